The summed E-state index contributed by atoms with van der Waals surface area (Å²) in [5.74, 6) is 6.15. The van der Waals surface area contributed by atoms with E-state index in [1.807, 2.05) is 43.3 Å². The lowest BCUT2D eigenvalue weighted by Crippen LogP contribution is -2.00. The van der Waals surface area contributed by atoms with Gasteiger partial charge in [0.2, 0.25) is 0 Å². The maximum Gasteiger partial charge on any atom is 0.135 e. The Morgan fingerprint density at radius 2 is 1.95 bits per heavy atom. The first kappa shape index (κ1) is 14.7. The highest BCUT2D eigenvalue weighted by atomic mass is 16.5. The average Bonchev–Trinajstić information content (AvgIpc) is 2.52. The summed E-state index contributed by atoms with van der Waals surface area (Å²) in [6.07, 6.45) is 0. The molecule has 0 aliphatic carbocycles. The Labute approximate surface area is 124 Å². The van der Waals surface area contributed by atoms with Crippen molar-refractivity contribution in [2.24, 2.45) is 0 Å². The van der Waals surface area contributed by atoms with Crippen molar-refractivity contribution in [2.45, 2.75) is 13.5 Å². The topological polar surface area (TPSA) is 53.2 Å². The van der Waals surface area contributed by atoms with Crippen LogP contribution in [-0.2, 0) is 6.61 Å². The van der Waals surface area contributed by atoms with Crippen LogP contribution in [0.5, 0.6) is 5.75 Å². The van der Waals surface area contributed by atoms with Crippen LogP contribution in [0.1, 0.15) is 22.3 Å². The molecular formula is C18H15NO2. The molecule has 2 aromatic rings. The van der Waals surface area contributed by atoms with Crippen LogP contribution in [0.25, 0.3) is 0 Å². The molecule has 1 N–H and O–H groups in total. The number of rotatable bonds is 3. The van der Waals surface area contributed by atoms with Gasteiger partial charge < -0.3 is 9.84 Å². The van der Waals surface area contributed by atoms with Crippen molar-refractivity contribution < 1.29 is 9.84 Å². The van der Waals surface area contributed by atoms with Gasteiger partial charge in [-0.2, -0.15) is 5.26 Å². The molecule has 2 aromatic carbocycles. The zero-order valence-corrected chi connectivity index (χ0v) is 11.8. The van der Waals surface area contributed by atoms with Gasteiger partial charge in [-0.1, -0.05) is 36.1 Å². The Morgan fingerprint density at radius 1 is 1.14 bits per heavy atom. The third-order valence-corrected chi connectivity index (χ3v) is 2.96. The molecule has 0 amide bonds. The molecule has 0 bridgehead atoms. The van der Waals surface area contributed by atoms with Gasteiger partial charge >= 0.3 is 0 Å². The van der Waals surface area contributed by atoms with Crippen molar-refractivity contribution in [3.8, 4) is 23.7 Å². The number of aliphatic hydroxyl groups excluding tert-OH is 1. The molecule has 3 heteroatoms. The number of aliphatic hydroxyl groups is 1. The van der Waals surface area contributed by atoms with Crippen LogP contribution in [0.4, 0.5) is 0 Å². The number of hydrogen-bond donors (Lipinski definition) is 1. The van der Waals surface area contributed by atoms with Crippen LogP contribution in [0.2, 0.25) is 0 Å². The second-order valence-electron chi connectivity index (χ2n) is 4.52. The predicted octanol–water partition coefficient (Wildman–Crippen LogP) is 2.79. The Balaban J connectivity index is 2.22. The molecule has 0 radical (unpaired) electrons. The summed E-state index contributed by atoms with van der Waals surface area (Å²) < 4.78 is 5.78. The normalized spacial score (nSPS) is 9.38. The van der Waals surface area contributed by atoms with Gasteiger partial charge in [-0.05, 0) is 30.7 Å². The fourth-order valence-electron chi connectivity index (χ4n) is 1.91. The summed E-state index contributed by atoms with van der Waals surface area (Å²) in [6.45, 7) is 2.09. The monoisotopic (exact) mass is 277 g/mol. The third kappa shape index (κ3) is 3.86. The van der Waals surface area contributed by atoms with E-state index in [-0.39, 0.29) is 6.61 Å². The van der Waals surface area contributed by atoms with E-state index >= 15 is 0 Å². The van der Waals surface area contributed by atoms with Gasteiger partial charge in [-0.3, -0.25) is 0 Å². The van der Waals surface area contributed by atoms with Gasteiger partial charge in [0.25, 0.3) is 0 Å². The molecule has 0 fully saturated rings. The quantitative estimate of drug-likeness (QED) is 0.878. The summed E-state index contributed by atoms with van der Waals surface area (Å²) in [7, 11) is 0. The highest BCUT2D eigenvalue weighted by molar-refractivity contribution is 5.48. The average molecular weight is 277 g/mol. The molecule has 0 atom stereocenters. The van der Waals surface area contributed by atoms with E-state index in [4.69, 9.17) is 15.1 Å². The summed E-state index contributed by atoms with van der Waals surface area (Å²) in [6, 6.07) is 15.2. The molecule has 0 spiro atoms. The van der Waals surface area contributed by atoms with E-state index in [1.165, 1.54) is 0 Å². The first-order valence-corrected chi connectivity index (χ1v) is 6.56. The van der Waals surface area contributed by atoms with Crippen molar-refractivity contribution in [3.05, 3.63) is 64.7 Å². The number of aryl methyl sites for hydroxylation is 1. The van der Waals surface area contributed by atoms with Crippen molar-refractivity contribution in [3.63, 3.8) is 0 Å². The van der Waals surface area contributed by atoms with Gasteiger partial charge in [-0.25, -0.2) is 0 Å². The molecule has 0 unspecified atom stereocenters. The Bertz CT molecular complexity index is 733. The Hall–Kier alpha value is -2.75. The first-order valence-electron chi connectivity index (χ1n) is 6.56. The second-order valence-corrected chi connectivity index (χ2v) is 4.52. The standard InChI is InChI=1S/C18H15NO2/c1-14-8-9-18(15(11-14)7-4-10-20)21-13-17-6-3-2-5-16(17)12-19/h2-3,5-6,8-9,11,20H,10,13H2,1H3. The molecule has 0 aliphatic rings. The summed E-state index contributed by atoms with van der Waals surface area (Å²) >= 11 is 0. The van der Waals surface area contributed by atoms with Gasteiger partial charge in [0, 0.05) is 5.56 Å². The predicted molar refractivity (Wildman–Crippen MR) is 80.6 cm³/mol. The van der Waals surface area contributed by atoms with E-state index in [9.17, 15) is 0 Å². The second kappa shape index (κ2) is 7.14. The van der Waals surface area contributed by atoms with E-state index in [2.05, 4.69) is 17.9 Å². The minimum Gasteiger partial charge on any atom is -0.488 e. The molecule has 21 heavy (non-hydrogen) atoms. The molecule has 2 rings (SSSR count). The summed E-state index contributed by atoms with van der Waals surface area (Å²) in [5.41, 5.74) is 3.25. The number of benzene rings is 2. The molecule has 0 saturated heterocycles. The number of nitrogens with zero attached hydrogens (tertiary/aromatic N) is 1. The molecule has 0 saturated carbocycles. The minimum absolute atomic E-state index is 0.190. The van der Waals surface area contributed by atoms with Crippen LogP contribution in [0, 0.1) is 30.1 Å². The van der Waals surface area contributed by atoms with E-state index in [0.717, 1.165) is 16.7 Å². The molecule has 104 valence electrons. The molecule has 0 aliphatic heterocycles. The number of ether oxygens (including phenoxy) is 1. The van der Waals surface area contributed by atoms with Crippen LogP contribution >= 0.6 is 0 Å². The fourth-order valence-corrected chi connectivity index (χ4v) is 1.91. The zero-order valence-electron chi connectivity index (χ0n) is 11.8. The van der Waals surface area contributed by atoms with Gasteiger partial charge in [0.05, 0.1) is 17.2 Å². The van der Waals surface area contributed by atoms with E-state index < -0.39 is 0 Å². The van der Waals surface area contributed by atoms with Gasteiger partial charge in [0.1, 0.15) is 19.0 Å². The largest absolute Gasteiger partial charge is 0.488 e. The number of hydrogen-bond acceptors (Lipinski definition) is 3. The van der Waals surface area contributed by atoms with Crippen LogP contribution in [-0.4, -0.2) is 11.7 Å². The summed E-state index contributed by atoms with van der Waals surface area (Å²) in [5, 5.41) is 17.9. The van der Waals surface area contributed by atoms with E-state index in [0.29, 0.717) is 17.9 Å². The lowest BCUT2D eigenvalue weighted by atomic mass is 10.1. The molecule has 0 aromatic heterocycles. The molecule has 0 heterocycles. The van der Waals surface area contributed by atoms with Crippen molar-refractivity contribution in [2.75, 3.05) is 6.61 Å². The highest BCUT2D eigenvalue weighted by Gasteiger charge is 2.05. The maximum atomic E-state index is 9.07. The fraction of sp³-hybridized carbons (Fsp3) is 0.167. The zero-order chi connectivity index (χ0) is 15.1. The maximum absolute atomic E-state index is 9.07. The lowest BCUT2D eigenvalue weighted by molar-refractivity contribution is 0.305. The SMILES string of the molecule is Cc1ccc(OCc2ccccc2C#N)c(C#CCO)c1. The summed E-state index contributed by atoms with van der Waals surface area (Å²) in [4.78, 5) is 0. The van der Waals surface area contributed by atoms with Crippen molar-refractivity contribution >= 4 is 0 Å². The number of nitriles is 1. The van der Waals surface area contributed by atoms with Crippen LogP contribution in [0.3, 0.4) is 0 Å². The van der Waals surface area contributed by atoms with Crippen LogP contribution in [0.15, 0.2) is 42.5 Å². The van der Waals surface area contributed by atoms with Gasteiger partial charge in [-0.15, -0.1) is 0 Å². The van der Waals surface area contributed by atoms with Crippen LogP contribution < -0.4 is 4.74 Å². The van der Waals surface area contributed by atoms with Gasteiger partial charge in [0.15, 0.2) is 0 Å². The molecule has 3 nitrogen and oxygen atoms in total. The first-order chi connectivity index (χ1) is 10.2. The highest BCUT2D eigenvalue weighted by Crippen LogP contribution is 2.21. The Kier molecular flexibility index (Phi) is 4.99. The third-order valence-electron chi connectivity index (χ3n) is 2.96. The van der Waals surface area contributed by atoms with Crippen molar-refractivity contribution in [1.82, 2.24) is 0 Å². The molecular weight excluding hydrogens is 262 g/mol. The smallest absolute Gasteiger partial charge is 0.135 e. The Morgan fingerprint density at radius 3 is 2.71 bits per heavy atom. The van der Waals surface area contributed by atoms with Crippen molar-refractivity contribution in [1.29, 1.82) is 5.26 Å². The minimum atomic E-state index is -0.190. The van der Waals surface area contributed by atoms with E-state index in [1.54, 1.807) is 6.07 Å². The lowest BCUT2D eigenvalue weighted by Gasteiger charge is -2.10.